The first-order valence-corrected chi connectivity index (χ1v) is 41.4. The van der Waals surface area contributed by atoms with E-state index in [1.54, 1.807) is 0 Å². The molecule has 530 valence electrons. The first-order valence-electron chi connectivity index (χ1n) is 41.4. The number of nitrogens with zero attached hydrogens (tertiary/aromatic N) is 4. The molecule has 0 aliphatic heterocycles. The van der Waals surface area contributed by atoms with Crippen LogP contribution in [0.5, 0.6) is 0 Å². The minimum Gasteiger partial charge on any atom is -0.340 e. The number of hydrogen-bond donors (Lipinski definition) is 0. The fourth-order valence-corrected chi connectivity index (χ4v) is 18.7. The molecule has 4 nitrogen and oxygen atoms in total. The molecule has 16 rings (SSSR count). The van der Waals surface area contributed by atoms with Crippen LogP contribution in [0, 0.1) is 0 Å². The van der Waals surface area contributed by atoms with Crippen LogP contribution in [-0.2, 0) is 26.2 Å². The zero-order valence-corrected chi connectivity index (χ0v) is 63.0. The van der Waals surface area contributed by atoms with E-state index in [2.05, 4.69) is 252 Å². The summed E-state index contributed by atoms with van der Waals surface area (Å²) < 4.78 is 10.7. The minimum atomic E-state index is 1.01. The summed E-state index contributed by atoms with van der Waals surface area (Å²) in [7, 11) is 0. The van der Waals surface area contributed by atoms with Crippen molar-refractivity contribution in [1.82, 2.24) is 18.3 Å². The predicted molar refractivity (Wildman–Crippen MR) is 456 cm³/mol. The lowest BCUT2D eigenvalue weighted by molar-refractivity contribution is 0.561. The van der Waals surface area contributed by atoms with Crippen LogP contribution in [0.2, 0.25) is 0 Å². The average molecular weight is 1370 g/mol. The van der Waals surface area contributed by atoms with Crippen LogP contribution in [0.25, 0.3) is 164 Å². The second kappa shape index (κ2) is 32.1. The lowest BCUT2D eigenvalue weighted by Gasteiger charge is -2.22. The second-order valence-electron chi connectivity index (χ2n) is 31.1. The van der Waals surface area contributed by atoms with Gasteiger partial charge in [0.05, 0.1) is 0 Å². The summed E-state index contributed by atoms with van der Waals surface area (Å²) in [5.74, 6) is 0. The van der Waals surface area contributed by atoms with E-state index in [1.165, 1.54) is 344 Å². The van der Waals surface area contributed by atoms with Gasteiger partial charge in [-0.2, -0.15) is 0 Å². The largest absolute Gasteiger partial charge is 0.340 e. The van der Waals surface area contributed by atoms with Gasteiger partial charge in [-0.15, -0.1) is 0 Å². The molecule has 0 fully saturated rings. The molecule has 0 saturated carbocycles. The van der Waals surface area contributed by atoms with E-state index < -0.39 is 0 Å². The fourth-order valence-electron chi connectivity index (χ4n) is 18.7. The van der Waals surface area contributed by atoms with Gasteiger partial charge in [-0.1, -0.05) is 327 Å². The topological polar surface area (TPSA) is 19.7 Å². The third-order valence-corrected chi connectivity index (χ3v) is 24.2. The highest BCUT2D eigenvalue weighted by Gasteiger charge is 2.25. The highest BCUT2D eigenvalue weighted by atomic mass is 15.0. The van der Waals surface area contributed by atoms with Gasteiger partial charge < -0.3 is 18.3 Å². The van der Waals surface area contributed by atoms with Crippen molar-refractivity contribution in [2.24, 2.45) is 0 Å². The SMILES string of the molecule is CCCCCCCCCn1c2ccccc2c2ccc(-c3cc(-c4ccc5c6ccccc6n(CCCCCCCCC)c5c4)c4ccc5c(-c6ccc7c8ccccc8n(CCCCCCCCC)c7c6)cc(-c6ccc7c8ccccc8n(CCCCCCCCC)c7c6)c6ccc3c4c65)cc21. The molecule has 0 atom stereocenters. The molecule has 0 saturated heterocycles. The molecule has 0 unspecified atom stereocenters. The molecular weight excluding hydrogens is 1260 g/mol. The molecule has 0 radical (unpaired) electrons. The van der Waals surface area contributed by atoms with Crippen LogP contribution in [0.4, 0.5) is 0 Å². The summed E-state index contributed by atoms with van der Waals surface area (Å²) in [5.41, 5.74) is 21.0. The highest BCUT2D eigenvalue weighted by molar-refractivity contribution is 6.32. The Hall–Kier alpha value is -9.12. The summed E-state index contributed by atoms with van der Waals surface area (Å²) in [5, 5.41) is 18.7. The van der Waals surface area contributed by atoms with Crippen molar-refractivity contribution in [3.05, 3.63) is 206 Å². The lowest BCUT2D eigenvalue weighted by Crippen LogP contribution is -1.99. The van der Waals surface area contributed by atoms with Crippen molar-refractivity contribution in [1.29, 1.82) is 0 Å². The van der Waals surface area contributed by atoms with Gasteiger partial charge >= 0.3 is 0 Å². The van der Waals surface area contributed by atoms with Crippen LogP contribution in [0.3, 0.4) is 0 Å². The summed E-state index contributed by atoms with van der Waals surface area (Å²) in [6.07, 6.45) is 36.2. The van der Waals surface area contributed by atoms with Gasteiger partial charge in [-0.25, -0.2) is 0 Å². The van der Waals surface area contributed by atoms with Crippen molar-refractivity contribution < 1.29 is 0 Å². The third-order valence-electron chi connectivity index (χ3n) is 24.2. The quantitative estimate of drug-likeness (QED) is 0.0275. The van der Waals surface area contributed by atoms with Gasteiger partial charge in [0.1, 0.15) is 0 Å². The molecule has 0 N–H and O–H groups in total. The Balaban J connectivity index is 0.927. The van der Waals surface area contributed by atoms with Crippen LogP contribution < -0.4 is 0 Å². The zero-order valence-electron chi connectivity index (χ0n) is 63.0. The summed E-state index contributed by atoms with van der Waals surface area (Å²) in [6.45, 7) is 13.3. The Morgan fingerprint density at radius 3 is 0.596 bits per heavy atom. The number of para-hydroxylation sites is 4. The highest BCUT2D eigenvalue weighted by Crippen LogP contribution is 2.51. The van der Waals surface area contributed by atoms with E-state index in [-0.39, 0.29) is 0 Å². The summed E-state index contributed by atoms with van der Waals surface area (Å²) >= 11 is 0. The zero-order chi connectivity index (χ0) is 70.3. The number of hydrogen-bond acceptors (Lipinski definition) is 0. The van der Waals surface area contributed by atoms with Gasteiger partial charge in [0, 0.05) is 113 Å². The first-order chi connectivity index (χ1) is 51.5. The number of rotatable bonds is 36. The molecule has 0 aliphatic carbocycles. The van der Waals surface area contributed by atoms with Crippen LogP contribution in [0.1, 0.15) is 207 Å². The van der Waals surface area contributed by atoms with Crippen molar-refractivity contribution >= 4 is 120 Å². The van der Waals surface area contributed by atoms with E-state index in [9.17, 15) is 0 Å². The smallest absolute Gasteiger partial charge is 0.0497 e. The third kappa shape index (κ3) is 13.5. The van der Waals surface area contributed by atoms with Crippen LogP contribution in [-0.4, -0.2) is 18.3 Å². The molecule has 4 heteroatoms. The Morgan fingerprint density at radius 1 is 0.173 bits per heavy atom. The van der Waals surface area contributed by atoms with E-state index >= 15 is 0 Å². The second-order valence-corrected chi connectivity index (χ2v) is 31.1. The van der Waals surface area contributed by atoms with Gasteiger partial charge in [-0.05, 0) is 163 Å². The molecule has 4 heterocycles. The maximum Gasteiger partial charge on any atom is 0.0497 e. The Morgan fingerprint density at radius 2 is 0.365 bits per heavy atom. The average Bonchev–Trinajstić information content (AvgIpc) is 0.831. The Bertz CT molecular complexity index is 4970. The van der Waals surface area contributed by atoms with E-state index in [4.69, 9.17) is 0 Å². The van der Waals surface area contributed by atoms with Crippen LogP contribution in [0.15, 0.2) is 206 Å². The summed E-state index contributed by atoms with van der Waals surface area (Å²) in [4.78, 5) is 0. The maximum absolute atomic E-state index is 2.67. The number of aryl methyl sites for hydroxylation is 4. The van der Waals surface area contributed by atoms with Gasteiger partial charge in [-0.3, -0.25) is 0 Å². The fraction of sp³-hybridized carbons (Fsp3) is 0.360. The normalized spacial score (nSPS) is 12.3. The Labute approximate surface area is 618 Å². The number of benzene rings is 12. The van der Waals surface area contributed by atoms with E-state index in [0.717, 1.165) is 26.2 Å². The number of aromatic nitrogens is 4. The monoisotopic (exact) mass is 1370 g/mol. The van der Waals surface area contributed by atoms with Crippen LogP contribution >= 0.6 is 0 Å². The summed E-state index contributed by atoms with van der Waals surface area (Å²) in [6, 6.07) is 82.1. The molecule has 16 aromatic rings. The molecule has 0 spiro atoms. The molecule has 0 amide bonds. The standard InChI is InChI=1S/C100H110N4/c1-5-9-13-17-21-25-37-61-101-91-45-33-29-41-75(91)79-53-49-71(65-95(79)101)87-69-88(72-50-54-80-76-42-30-34-46-92(76)102(96(80)66-72)62-38-26-22-18-14-10-6-2)84-59-60-86-90(74-52-56-82-78-44-32-36-48-94(78)104(98(82)68-74)64-40-28-24-20-16-12-8-4)70-89(85-58-57-83(87)99(84)100(85)86)73-51-55-81-77-43-31-35-47-93(77)103(97(81)67-73)63-39-27-23-19-15-11-7-3/h29-36,41-60,65-70H,5-28,37-40,61-64H2,1-4H3. The van der Waals surface area contributed by atoms with Crippen molar-refractivity contribution in [2.75, 3.05) is 0 Å². The minimum absolute atomic E-state index is 1.01. The molecule has 0 bridgehead atoms. The molecule has 104 heavy (non-hydrogen) atoms. The number of fused-ring (bicyclic) bond motifs is 12. The van der Waals surface area contributed by atoms with E-state index in [1.807, 2.05) is 0 Å². The molecule has 12 aromatic carbocycles. The molecule has 0 aliphatic rings. The number of unbranched alkanes of at least 4 members (excludes halogenated alkanes) is 24. The molecular formula is C100H110N4. The molecule has 4 aromatic heterocycles. The predicted octanol–water partition coefficient (Wildman–Crippen LogP) is 30.7. The first kappa shape index (κ1) is 69.3. The van der Waals surface area contributed by atoms with Crippen molar-refractivity contribution in [3.63, 3.8) is 0 Å². The van der Waals surface area contributed by atoms with Crippen molar-refractivity contribution in [3.8, 4) is 44.5 Å². The van der Waals surface area contributed by atoms with E-state index in [0.29, 0.717) is 0 Å². The lowest BCUT2D eigenvalue weighted by atomic mass is 9.81. The van der Waals surface area contributed by atoms with Gasteiger partial charge in [0.25, 0.3) is 0 Å². The van der Waals surface area contributed by atoms with Crippen molar-refractivity contribution in [2.45, 2.75) is 234 Å². The van der Waals surface area contributed by atoms with Gasteiger partial charge in [0.15, 0.2) is 0 Å². The maximum atomic E-state index is 2.67. The van der Waals surface area contributed by atoms with Gasteiger partial charge in [0.2, 0.25) is 0 Å². The Kier molecular flexibility index (Phi) is 21.4.